The van der Waals surface area contributed by atoms with Crippen molar-refractivity contribution in [2.45, 2.75) is 45.2 Å². The summed E-state index contributed by atoms with van der Waals surface area (Å²) in [5.74, 6) is -0.121. The van der Waals surface area contributed by atoms with Crippen LogP contribution in [0.4, 0.5) is 5.69 Å². The van der Waals surface area contributed by atoms with Crippen molar-refractivity contribution in [3.8, 4) is 0 Å². The monoisotopic (exact) mass is 371 g/mol. The van der Waals surface area contributed by atoms with Crippen LogP contribution in [0.25, 0.3) is 11.0 Å². The zero-order valence-corrected chi connectivity index (χ0v) is 15.9. The van der Waals surface area contributed by atoms with Crippen LogP contribution < -0.4 is 16.3 Å². The van der Waals surface area contributed by atoms with Crippen molar-refractivity contribution in [2.75, 3.05) is 18.9 Å². The molecule has 1 aliphatic heterocycles. The van der Waals surface area contributed by atoms with Gasteiger partial charge < -0.3 is 15.1 Å². The lowest BCUT2D eigenvalue weighted by Gasteiger charge is -2.25. The number of nitrogens with one attached hydrogen (secondary N) is 2. The van der Waals surface area contributed by atoms with Gasteiger partial charge in [0.15, 0.2) is 0 Å². The quantitative estimate of drug-likeness (QED) is 0.785. The lowest BCUT2D eigenvalue weighted by Crippen LogP contribution is -2.41. The number of amides is 2. The van der Waals surface area contributed by atoms with Crippen LogP contribution in [0.5, 0.6) is 0 Å². The molecule has 2 atom stereocenters. The molecule has 0 aliphatic carbocycles. The van der Waals surface area contributed by atoms with Gasteiger partial charge in [0, 0.05) is 55.2 Å². The number of nitrogens with zero attached hydrogens (tertiary/aromatic N) is 1. The zero-order valence-electron chi connectivity index (χ0n) is 15.9. The van der Waals surface area contributed by atoms with Gasteiger partial charge in [-0.05, 0) is 44.5 Å². The topological polar surface area (TPSA) is 91.7 Å². The summed E-state index contributed by atoms with van der Waals surface area (Å²) in [6.07, 6.45) is 2.25. The minimum atomic E-state index is -0.402. The van der Waals surface area contributed by atoms with E-state index in [1.165, 1.54) is 13.0 Å². The molecule has 0 unspecified atom stereocenters. The summed E-state index contributed by atoms with van der Waals surface area (Å²) in [6.45, 7) is 3.96. The molecule has 27 heavy (non-hydrogen) atoms. The van der Waals surface area contributed by atoms with Crippen molar-refractivity contribution in [2.24, 2.45) is 0 Å². The van der Waals surface area contributed by atoms with E-state index >= 15 is 0 Å². The first-order valence-corrected chi connectivity index (χ1v) is 9.14. The second kappa shape index (κ2) is 7.92. The van der Waals surface area contributed by atoms with Gasteiger partial charge in [-0.15, -0.1) is 0 Å². The average Bonchev–Trinajstić information content (AvgIpc) is 2.92. The summed E-state index contributed by atoms with van der Waals surface area (Å²) >= 11 is 0. The van der Waals surface area contributed by atoms with Gasteiger partial charge in [0.1, 0.15) is 5.58 Å². The van der Waals surface area contributed by atoms with Crippen molar-refractivity contribution >= 4 is 28.5 Å². The molecule has 144 valence electrons. The molecular weight excluding hydrogens is 346 g/mol. The summed E-state index contributed by atoms with van der Waals surface area (Å²) in [6, 6.07) is 7.18. The standard InChI is InChI=1S/C20H25N3O4/c1-12-8-20(26)27-18-9-14(4-7-17(12)18)22-19(25)10-15-5-6-16(23(15)3)11-21-13(2)24/h4,7-9,15-16H,5-6,10-11H2,1-3H3,(H,21,24)(H,22,25)/t15-,16+/m0/s1. The second-order valence-electron chi connectivity index (χ2n) is 7.20. The number of hydrogen-bond donors (Lipinski definition) is 2. The van der Waals surface area contributed by atoms with Crippen LogP contribution >= 0.6 is 0 Å². The van der Waals surface area contributed by atoms with E-state index in [2.05, 4.69) is 15.5 Å². The van der Waals surface area contributed by atoms with Gasteiger partial charge in [-0.25, -0.2) is 4.79 Å². The lowest BCUT2D eigenvalue weighted by atomic mass is 10.1. The van der Waals surface area contributed by atoms with Crippen molar-refractivity contribution in [1.29, 1.82) is 0 Å². The van der Waals surface area contributed by atoms with E-state index in [4.69, 9.17) is 4.42 Å². The predicted molar refractivity (Wildman–Crippen MR) is 104 cm³/mol. The molecule has 2 N–H and O–H groups in total. The lowest BCUT2D eigenvalue weighted by molar-refractivity contribution is -0.119. The van der Waals surface area contributed by atoms with E-state index in [0.29, 0.717) is 24.2 Å². The maximum atomic E-state index is 12.5. The summed E-state index contributed by atoms with van der Waals surface area (Å²) < 4.78 is 5.23. The number of likely N-dealkylation sites (N-methyl/N-ethyl adjacent to an activating group) is 1. The Morgan fingerprint density at radius 3 is 2.70 bits per heavy atom. The third kappa shape index (κ3) is 4.54. The Labute approximate surface area is 157 Å². The van der Waals surface area contributed by atoms with E-state index < -0.39 is 5.63 Å². The Morgan fingerprint density at radius 1 is 1.22 bits per heavy atom. The van der Waals surface area contributed by atoms with Gasteiger partial charge in [-0.2, -0.15) is 0 Å². The first-order chi connectivity index (χ1) is 12.8. The number of fused-ring (bicyclic) bond motifs is 1. The van der Waals surface area contributed by atoms with Crippen LogP contribution in [-0.4, -0.2) is 42.4 Å². The maximum Gasteiger partial charge on any atom is 0.336 e. The molecule has 2 heterocycles. The van der Waals surface area contributed by atoms with Gasteiger partial charge in [0.25, 0.3) is 0 Å². The smallest absolute Gasteiger partial charge is 0.336 e. The number of anilines is 1. The Hall–Kier alpha value is -2.67. The predicted octanol–water partition coefficient (Wildman–Crippen LogP) is 2.03. The highest BCUT2D eigenvalue weighted by atomic mass is 16.4. The molecule has 7 heteroatoms. The Kier molecular flexibility index (Phi) is 5.60. The molecule has 2 amide bonds. The number of likely N-dealkylation sites (tertiary alicyclic amines) is 1. The van der Waals surface area contributed by atoms with Crippen LogP contribution in [0.2, 0.25) is 0 Å². The van der Waals surface area contributed by atoms with E-state index in [9.17, 15) is 14.4 Å². The molecule has 0 saturated carbocycles. The molecule has 7 nitrogen and oxygen atoms in total. The number of benzene rings is 1. The van der Waals surface area contributed by atoms with E-state index in [-0.39, 0.29) is 23.9 Å². The Bertz CT molecular complexity index is 921. The molecule has 2 aromatic rings. The van der Waals surface area contributed by atoms with E-state index in [1.54, 1.807) is 6.07 Å². The average molecular weight is 371 g/mol. The highest BCUT2D eigenvalue weighted by Gasteiger charge is 2.31. The van der Waals surface area contributed by atoms with Crippen molar-refractivity contribution < 1.29 is 14.0 Å². The summed E-state index contributed by atoms with van der Waals surface area (Å²) in [7, 11) is 1.99. The van der Waals surface area contributed by atoms with Crippen molar-refractivity contribution in [3.63, 3.8) is 0 Å². The fourth-order valence-corrected chi connectivity index (χ4v) is 3.67. The fourth-order valence-electron chi connectivity index (χ4n) is 3.67. The minimum absolute atomic E-state index is 0.0391. The summed E-state index contributed by atoms with van der Waals surface area (Å²) in [5.41, 5.74) is 1.51. The SMILES string of the molecule is CC(=O)NC[C@H]1CC[C@@H](CC(=O)Nc2ccc3c(C)cc(=O)oc3c2)N1C. The Morgan fingerprint density at radius 2 is 1.96 bits per heavy atom. The van der Waals surface area contributed by atoms with Crippen LogP contribution in [0.1, 0.15) is 31.7 Å². The molecule has 0 radical (unpaired) electrons. The Balaban J connectivity index is 1.62. The molecule has 1 saturated heterocycles. The van der Waals surface area contributed by atoms with Crippen LogP contribution in [0.3, 0.4) is 0 Å². The molecule has 1 aromatic carbocycles. The fraction of sp³-hybridized carbons (Fsp3) is 0.450. The molecule has 1 aromatic heterocycles. The molecule has 0 bridgehead atoms. The highest BCUT2D eigenvalue weighted by molar-refractivity contribution is 5.93. The van der Waals surface area contributed by atoms with Gasteiger partial charge in [-0.1, -0.05) is 0 Å². The molecule has 3 rings (SSSR count). The number of carbonyl (C=O) groups is 2. The van der Waals surface area contributed by atoms with E-state index in [0.717, 1.165) is 23.8 Å². The normalized spacial score (nSPS) is 20.0. The zero-order chi connectivity index (χ0) is 19.6. The van der Waals surface area contributed by atoms with E-state index in [1.807, 2.05) is 26.1 Å². The number of rotatable bonds is 5. The first-order valence-electron chi connectivity index (χ1n) is 9.14. The van der Waals surface area contributed by atoms with Gasteiger partial charge in [0.2, 0.25) is 11.8 Å². The van der Waals surface area contributed by atoms with Crippen molar-refractivity contribution in [3.05, 3.63) is 40.2 Å². The maximum absolute atomic E-state index is 12.5. The largest absolute Gasteiger partial charge is 0.423 e. The van der Waals surface area contributed by atoms with Gasteiger partial charge in [-0.3, -0.25) is 14.5 Å². The summed E-state index contributed by atoms with van der Waals surface area (Å²) in [4.78, 5) is 37.3. The molecule has 1 fully saturated rings. The molecule has 1 aliphatic rings. The number of carbonyl (C=O) groups excluding carboxylic acids is 2. The second-order valence-corrected chi connectivity index (χ2v) is 7.20. The van der Waals surface area contributed by atoms with Gasteiger partial charge in [0.05, 0.1) is 0 Å². The highest BCUT2D eigenvalue weighted by Crippen LogP contribution is 2.25. The molecular formula is C20H25N3O4. The van der Waals surface area contributed by atoms with Crippen molar-refractivity contribution in [1.82, 2.24) is 10.2 Å². The van der Waals surface area contributed by atoms with Gasteiger partial charge >= 0.3 is 5.63 Å². The van der Waals surface area contributed by atoms with Crippen LogP contribution in [0, 0.1) is 6.92 Å². The van der Waals surface area contributed by atoms with Crippen LogP contribution in [0.15, 0.2) is 33.5 Å². The first kappa shape index (κ1) is 19.1. The minimum Gasteiger partial charge on any atom is -0.423 e. The third-order valence-corrected chi connectivity index (χ3v) is 5.23. The molecule has 0 spiro atoms. The number of hydrogen-bond acceptors (Lipinski definition) is 5. The van der Waals surface area contributed by atoms with Crippen LogP contribution in [-0.2, 0) is 9.59 Å². The summed E-state index contributed by atoms with van der Waals surface area (Å²) in [5, 5.41) is 6.58. The third-order valence-electron chi connectivity index (χ3n) is 5.23. The number of aryl methyl sites for hydroxylation is 1.